The van der Waals surface area contributed by atoms with Crippen LogP contribution in [0.15, 0.2) is 42.5 Å². The number of aromatic hydroxyl groups is 1. The lowest BCUT2D eigenvalue weighted by molar-refractivity contribution is -0.133. The monoisotopic (exact) mass is 1010 g/mol. The highest BCUT2D eigenvalue weighted by Crippen LogP contribution is 2.22. The number of carbonyl (C=O) groups is 5. The molecule has 0 heterocycles. The Hall–Kier alpha value is -5.66. The number of phenols is 1. The zero-order valence-corrected chi connectivity index (χ0v) is 41.6. The molecule has 0 aliphatic rings. The molecule has 2 rings (SSSR count). The summed E-state index contributed by atoms with van der Waals surface area (Å²) in [6.45, 7) is 9.47. The van der Waals surface area contributed by atoms with E-state index >= 15 is 0 Å². The van der Waals surface area contributed by atoms with Crippen LogP contribution in [0.3, 0.4) is 0 Å². The van der Waals surface area contributed by atoms with Crippen molar-refractivity contribution < 1.29 is 67.0 Å². The average molecular weight is 1010 g/mol. The molecular formula is C48H79N9O14. The summed E-state index contributed by atoms with van der Waals surface area (Å²) in [4.78, 5) is 66.5. The molecule has 0 radical (unpaired) electrons. The van der Waals surface area contributed by atoms with Crippen molar-refractivity contribution in [2.45, 2.75) is 83.0 Å². The molecule has 0 bridgehead atoms. The number of aryl methyl sites for hydroxylation is 2. The maximum atomic E-state index is 14.2. The summed E-state index contributed by atoms with van der Waals surface area (Å²) in [5.41, 5.74) is 20.0. The molecule has 2 aromatic carbocycles. The first-order valence-electron chi connectivity index (χ1n) is 23.9. The number of hydrogen-bond acceptors (Lipinski definition) is 16. The summed E-state index contributed by atoms with van der Waals surface area (Å²) in [7, 11) is 1.62. The van der Waals surface area contributed by atoms with Crippen LogP contribution in [-0.4, -0.2) is 178 Å². The lowest BCUT2D eigenvalue weighted by Gasteiger charge is -2.26. The highest BCUT2D eigenvalue weighted by Gasteiger charge is 2.31. The molecule has 23 nitrogen and oxygen atoms in total. The second-order valence-corrected chi connectivity index (χ2v) is 16.4. The van der Waals surface area contributed by atoms with Gasteiger partial charge in [-0.1, -0.05) is 30.3 Å². The number of hydrogen-bond donors (Lipinski definition) is 10. The van der Waals surface area contributed by atoms with Crippen molar-refractivity contribution in [2.75, 3.05) is 113 Å². The first kappa shape index (κ1) is 61.5. The minimum absolute atomic E-state index is 0.00329. The standard InChI is InChI=1S/C48H79N9O14/c1-34-30-37(58)31-35(2)38(34)33-42(57-44(60)39(49)12-9-15-53-47(51)52)46(62)55-40(45(61)56-41(43(50)59)32-36-10-5-4-6-11-36)13-7-8-14-54-48(63)71-29-28-70-27-26-69-25-24-68-23-22-67-21-20-66-19-18-65-17-16-64-3/h4-6,10-11,30-31,39-42,58H,7-9,12-29,32-33,49H2,1-3H3,(H2,50,59)(H,54,63)(H,55,62)(H,56,61)(H,57,60)(H4,51,52,53)/t39-,40+,41+,42+/m1/s1. The molecule has 400 valence electrons. The molecule has 0 aliphatic carbocycles. The smallest absolute Gasteiger partial charge is 0.407 e. The molecular weight excluding hydrogens is 927 g/mol. The summed E-state index contributed by atoms with van der Waals surface area (Å²) >= 11 is 0. The number of methoxy groups -OCH3 is 1. The van der Waals surface area contributed by atoms with Crippen LogP contribution in [0.25, 0.3) is 0 Å². The van der Waals surface area contributed by atoms with Gasteiger partial charge in [0.1, 0.15) is 30.5 Å². The number of alkyl carbamates (subject to hydrolysis) is 1. The molecule has 0 aromatic heterocycles. The van der Waals surface area contributed by atoms with Crippen molar-refractivity contribution in [1.29, 1.82) is 5.41 Å². The van der Waals surface area contributed by atoms with E-state index in [0.717, 1.165) is 5.56 Å². The van der Waals surface area contributed by atoms with E-state index < -0.39 is 53.9 Å². The normalized spacial score (nSPS) is 12.8. The van der Waals surface area contributed by atoms with Crippen LogP contribution in [-0.2, 0) is 69.9 Å². The number of unbranched alkanes of at least 4 members (excludes halogenated alkanes) is 1. The number of carbonyl (C=O) groups excluding carboxylic acids is 5. The number of nitrogens with two attached hydrogens (primary N) is 3. The number of ether oxygens (including phenoxy) is 8. The van der Waals surface area contributed by atoms with E-state index in [0.29, 0.717) is 122 Å². The molecule has 0 aliphatic heterocycles. The quantitative estimate of drug-likeness (QED) is 0.0237. The van der Waals surface area contributed by atoms with Gasteiger partial charge in [-0.05, 0) is 80.3 Å². The molecule has 23 heteroatoms. The Morgan fingerprint density at radius 2 is 1.07 bits per heavy atom. The number of benzene rings is 2. The maximum Gasteiger partial charge on any atom is 0.407 e. The molecule has 0 spiro atoms. The van der Waals surface area contributed by atoms with Crippen LogP contribution in [0.2, 0.25) is 0 Å². The van der Waals surface area contributed by atoms with E-state index in [1.54, 1.807) is 45.2 Å². The Bertz CT molecular complexity index is 1830. The molecule has 4 atom stereocenters. The second kappa shape index (κ2) is 38.1. The fourth-order valence-corrected chi connectivity index (χ4v) is 6.80. The summed E-state index contributed by atoms with van der Waals surface area (Å²) in [6.07, 6.45) is 0.831. The number of rotatable bonds is 41. The first-order valence-corrected chi connectivity index (χ1v) is 23.9. The van der Waals surface area contributed by atoms with Gasteiger partial charge in [0.2, 0.25) is 23.6 Å². The van der Waals surface area contributed by atoms with Crippen molar-refractivity contribution in [2.24, 2.45) is 17.2 Å². The number of primary amides is 1. The van der Waals surface area contributed by atoms with Crippen LogP contribution in [0.1, 0.15) is 54.4 Å². The van der Waals surface area contributed by atoms with Crippen molar-refractivity contribution in [3.8, 4) is 5.75 Å². The Morgan fingerprint density at radius 1 is 0.592 bits per heavy atom. The summed E-state index contributed by atoms with van der Waals surface area (Å²) in [6, 6.07) is 7.50. The van der Waals surface area contributed by atoms with Gasteiger partial charge in [0.15, 0.2) is 5.96 Å². The van der Waals surface area contributed by atoms with Crippen molar-refractivity contribution in [3.05, 3.63) is 64.7 Å². The fraction of sp³-hybridized carbons (Fsp3) is 0.625. The number of guanidine groups is 1. The third-order valence-electron chi connectivity index (χ3n) is 10.6. The van der Waals surface area contributed by atoms with Gasteiger partial charge in [0.25, 0.3) is 0 Å². The number of phenolic OH excluding ortho intramolecular Hbond substituents is 1. The molecule has 0 unspecified atom stereocenters. The predicted molar refractivity (Wildman–Crippen MR) is 264 cm³/mol. The van der Waals surface area contributed by atoms with Crippen LogP contribution in [0.4, 0.5) is 4.79 Å². The lowest BCUT2D eigenvalue weighted by Crippen LogP contribution is -2.58. The molecule has 5 amide bonds. The lowest BCUT2D eigenvalue weighted by atomic mass is 9.95. The van der Waals surface area contributed by atoms with Gasteiger partial charge in [0, 0.05) is 33.0 Å². The maximum absolute atomic E-state index is 14.2. The Morgan fingerprint density at radius 3 is 1.59 bits per heavy atom. The van der Waals surface area contributed by atoms with E-state index in [2.05, 4.69) is 26.6 Å². The van der Waals surface area contributed by atoms with E-state index in [1.165, 1.54) is 12.1 Å². The Labute approximate surface area is 417 Å². The minimum atomic E-state index is -1.22. The molecule has 71 heavy (non-hydrogen) atoms. The number of amides is 5. The van der Waals surface area contributed by atoms with E-state index in [-0.39, 0.29) is 57.2 Å². The third-order valence-corrected chi connectivity index (χ3v) is 10.6. The molecule has 0 saturated heterocycles. The van der Waals surface area contributed by atoms with E-state index in [4.69, 9.17) is 60.5 Å². The van der Waals surface area contributed by atoms with Gasteiger partial charge in [-0.15, -0.1) is 0 Å². The Kier molecular flexibility index (Phi) is 33.0. The highest BCUT2D eigenvalue weighted by molar-refractivity contribution is 5.94. The molecule has 13 N–H and O–H groups in total. The van der Waals surface area contributed by atoms with Gasteiger partial charge in [-0.3, -0.25) is 24.6 Å². The fourth-order valence-electron chi connectivity index (χ4n) is 6.80. The van der Waals surface area contributed by atoms with E-state index in [9.17, 15) is 29.1 Å². The predicted octanol–water partition coefficient (Wildman–Crippen LogP) is -0.0330. The van der Waals surface area contributed by atoms with Gasteiger partial charge in [-0.2, -0.15) is 0 Å². The first-order chi connectivity index (χ1) is 34.2. The second-order valence-electron chi connectivity index (χ2n) is 16.4. The van der Waals surface area contributed by atoms with Crippen molar-refractivity contribution >= 4 is 35.7 Å². The molecule has 2 aromatic rings. The SMILES string of the molecule is COCCOCCOCCOCCOCCOCCOCCOC(=O)NCCCC[C@H](NC(=O)[C@H](Cc1c(C)cc(O)cc1C)NC(=O)[C@H](N)CCCNC(=N)N)C(=O)N[C@@H](Cc1ccccc1)C(N)=O. The molecule has 0 saturated carbocycles. The van der Waals surface area contributed by atoms with Gasteiger partial charge in [0.05, 0.1) is 91.9 Å². The topological polar surface area (TPSA) is 341 Å². The van der Waals surface area contributed by atoms with Gasteiger partial charge < -0.3 is 86.8 Å². The number of nitrogens with one attached hydrogen (secondary N) is 6. The van der Waals surface area contributed by atoms with Crippen LogP contribution < -0.4 is 43.8 Å². The molecule has 0 fully saturated rings. The summed E-state index contributed by atoms with van der Waals surface area (Å²) < 4.78 is 42.7. The zero-order chi connectivity index (χ0) is 52.1. The summed E-state index contributed by atoms with van der Waals surface area (Å²) in [5.74, 6) is -2.97. The minimum Gasteiger partial charge on any atom is -0.508 e. The Balaban J connectivity index is 1.87. The zero-order valence-electron chi connectivity index (χ0n) is 41.6. The van der Waals surface area contributed by atoms with Crippen LogP contribution in [0, 0.1) is 19.3 Å². The van der Waals surface area contributed by atoms with Gasteiger partial charge in [-0.25, -0.2) is 4.79 Å². The van der Waals surface area contributed by atoms with Crippen LogP contribution in [0.5, 0.6) is 5.75 Å². The largest absolute Gasteiger partial charge is 0.508 e. The van der Waals surface area contributed by atoms with Gasteiger partial charge >= 0.3 is 6.09 Å². The average Bonchev–Trinajstić information content (AvgIpc) is 3.33. The third kappa shape index (κ3) is 29.3. The highest BCUT2D eigenvalue weighted by atomic mass is 16.6. The van der Waals surface area contributed by atoms with Crippen LogP contribution >= 0.6 is 0 Å². The van der Waals surface area contributed by atoms with Crippen molar-refractivity contribution in [3.63, 3.8) is 0 Å². The van der Waals surface area contributed by atoms with E-state index in [1.807, 2.05) is 6.07 Å². The van der Waals surface area contributed by atoms with Crippen molar-refractivity contribution in [1.82, 2.24) is 26.6 Å². The summed E-state index contributed by atoms with van der Waals surface area (Å²) in [5, 5.41) is 31.0.